The summed E-state index contributed by atoms with van der Waals surface area (Å²) >= 11 is 0. The van der Waals surface area contributed by atoms with Gasteiger partial charge in [0.15, 0.2) is 5.58 Å². The highest BCUT2D eigenvalue weighted by atomic mass is 16.5. The molecule has 0 saturated carbocycles. The van der Waals surface area contributed by atoms with E-state index in [1.165, 1.54) is 70.6 Å². The molecule has 0 aliphatic heterocycles. The summed E-state index contributed by atoms with van der Waals surface area (Å²) in [4.78, 5) is 4.55. The van der Waals surface area contributed by atoms with E-state index in [1.807, 2.05) is 24.3 Å². The van der Waals surface area contributed by atoms with Gasteiger partial charge >= 0.3 is 0 Å². The quantitative estimate of drug-likeness (QED) is 0.168. The van der Waals surface area contributed by atoms with E-state index in [1.54, 1.807) is 12.1 Å². The smallest absolute Gasteiger partial charge is 0.231 e. The van der Waals surface area contributed by atoms with Crippen LogP contribution in [-0.4, -0.2) is 23.3 Å². The maximum absolute atomic E-state index is 10.5. The predicted octanol–water partition coefficient (Wildman–Crippen LogP) is 9.46. The summed E-state index contributed by atoms with van der Waals surface area (Å²) in [6, 6.07) is 11.0. The highest BCUT2D eigenvalue weighted by Gasteiger charge is 2.14. The number of hydrogen-bond donors (Lipinski definition) is 1. The number of phenolic OH excluding ortho intramolecular Hbond substituents is 1. The average Bonchev–Trinajstić information content (AvgIpc) is 3.30. The molecule has 0 bridgehead atoms. The number of aromatic hydroxyl groups is 1. The molecular weight excluding hydrogens is 450 g/mol. The first-order valence-corrected chi connectivity index (χ1v) is 14.2. The van der Waals surface area contributed by atoms with Gasteiger partial charge in [0, 0.05) is 12.1 Å². The van der Waals surface area contributed by atoms with Gasteiger partial charge < -0.3 is 19.0 Å². The molecule has 0 radical (unpaired) electrons. The lowest BCUT2D eigenvalue weighted by molar-refractivity contribution is 0.303. The normalized spacial score (nSPS) is 11.3. The van der Waals surface area contributed by atoms with Gasteiger partial charge in [-0.3, -0.25) is 0 Å². The molecule has 0 atom stereocenters. The van der Waals surface area contributed by atoms with E-state index in [-0.39, 0.29) is 5.75 Å². The second kappa shape index (κ2) is 16.1. The van der Waals surface area contributed by atoms with E-state index >= 15 is 0 Å². The summed E-state index contributed by atoms with van der Waals surface area (Å²) in [5.74, 6) is 1.94. The molecule has 1 aromatic heterocycles. The Morgan fingerprint density at radius 1 is 0.667 bits per heavy atom. The Balaban J connectivity index is 1.42. The lowest BCUT2D eigenvalue weighted by Crippen LogP contribution is -1.97. The monoisotopic (exact) mass is 495 g/mol. The summed E-state index contributed by atoms with van der Waals surface area (Å²) in [6.45, 7) is 5.82. The van der Waals surface area contributed by atoms with Crippen LogP contribution in [0.4, 0.5) is 0 Å². The van der Waals surface area contributed by atoms with Crippen LogP contribution in [0.5, 0.6) is 17.2 Å². The molecule has 1 N–H and O–H groups in total. The number of oxazole rings is 1. The Kier molecular flexibility index (Phi) is 12.5. The maximum Gasteiger partial charge on any atom is 0.231 e. The Labute approximate surface area is 217 Å². The standard InChI is InChI=1S/C31H45NO4/c1-3-5-7-9-10-11-12-13-14-16-22-35-26-18-20-28-30(24-26)36-31(32-28)27-19-17-25(23-29(27)33)34-21-15-8-6-4-2/h17-20,23-24,33H,3-16,21-22H2,1-2H3. The summed E-state index contributed by atoms with van der Waals surface area (Å²) in [6.07, 6.45) is 17.7. The molecule has 36 heavy (non-hydrogen) atoms. The second-order valence-corrected chi connectivity index (χ2v) is 9.77. The van der Waals surface area contributed by atoms with Crippen molar-refractivity contribution in [3.05, 3.63) is 36.4 Å². The van der Waals surface area contributed by atoms with Crippen LogP contribution in [0.3, 0.4) is 0 Å². The van der Waals surface area contributed by atoms with Crippen molar-refractivity contribution >= 4 is 11.1 Å². The van der Waals surface area contributed by atoms with Crippen molar-refractivity contribution in [1.29, 1.82) is 0 Å². The fourth-order valence-electron chi connectivity index (χ4n) is 4.39. The van der Waals surface area contributed by atoms with Crippen LogP contribution in [0, 0.1) is 0 Å². The number of phenols is 1. The zero-order valence-electron chi connectivity index (χ0n) is 22.4. The molecule has 0 spiro atoms. The van der Waals surface area contributed by atoms with Gasteiger partial charge in [0.1, 0.15) is 22.8 Å². The van der Waals surface area contributed by atoms with E-state index in [4.69, 9.17) is 13.9 Å². The fraction of sp³-hybridized carbons (Fsp3) is 0.581. The van der Waals surface area contributed by atoms with Gasteiger partial charge in [0.05, 0.1) is 18.8 Å². The van der Waals surface area contributed by atoms with E-state index in [2.05, 4.69) is 18.8 Å². The highest BCUT2D eigenvalue weighted by Crippen LogP contribution is 2.34. The zero-order valence-corrected chi connectivity index (χ0v) is 22.4. The number of ether oxygens (including phenoxy) is 2. The van der Waals surface area contributed by atoms with Crippen LogP contribution in [-0.2, 0) is 0 Å². The van der Waals surface area contributed by atoms with Gasteiger partial charge in [-0.05, 0) is 37.1 Å². The number of aromatic nitrogens is 1. The van der Waals surface area contributed by atoms with Crippen LogP contribution in [0.15, 0.2) is 40.8 Å². The Hall–Kier alpha value is -2.69. The van der Waals surface area contributed by atoms with Crippen LogP contribution in [0.2, 0.25) is 0 Å². The minimum atomic E-state index is 0.102. The van der Waals surface area contributed by atoms with Gasteiger partial charge in [0.25, 0.3) is 0 Å². The van der Waals surface area contributed by atoms with E-state index in [0.29, 0.717) is 36.0 Å². The number of rotatable bonds is 19. The van der Waals surface area contributed by atoms with Crippen molar-refractivity contribution < 1.29 is 19.0 Å². The molecule has 3 aromatic rings. The van der Waals surface area contributed by atoms with Crippen molar-refractivity contribution in [1.82, 2.24) is 4.98 Å². The van der Waals surface area contributed by atoms with E-state index < -0.39 is 0 Å². The number of benzene rings is 2. The molecule has 1 heterocycles. The number of nitrogens with zero attached hydrogens (tertiary/aromatic N) is 1. The van der Waals surface area contributed by atoms with Crippen molar-refractivity contribution in [2.24, 2.45) is 0 Å². The molecule has 2 aromatic carbocycles. The third-order valence-corrected chi connectivity index (χ3v) is 6.59. The summed E-state index contributed by atoms with van der Waals surface area (Å²) < 4.78 is 17.7. The molecule has 5 heteroatoms. The van der Waals surface area contributed by atoms with Gasteiger partial charge in [-0.25, -0.2) is 4.98 Å². The van der Waals surface area contributed by atoms with Gasteiger partial charge in [-0.2, -0.15) is 0 Å². The molecule has 0 saturated heterocycles. The lowest BCUT2D eigenvalue weighted by Gasteiger charge is -2.07. The minimum Gasteiger partial charge on any atom is -0.507 e. The molecule has 0 fully saturated rings. The van der Waals surface area contributed by atoms with Gasteiger partial charge in [-0.15, -0.1) is 0 Å². The molecule has 0 unspecified atom stereocenters. The van der Waals surface area contributed by atoms with Crippen molar-refractivity contribution in [3.63, 3.8) is 0 Å². The Morgan fingerprint density at radius 2 is 1.19 bits per heavy atom. The van der Waals surface area contributed by atoms with Crippen LogP contribution >= 0.6 is 0 Å². The SMILES string of the molecule is CCCCCCCCCCCCOc1ccc2nc(-c3ccc(OCCCCCC)cc3O)oc2c1. The molecule has 198 valence electrons. The van der Waals surface area contributed by atoms with Crippen LogP contribution in [0.25, 0.3) is 22.6 Å². The van der Waals surface area contributed by atoms with Crippen molar-refractivity contribution in [2.75, 3.05) is 13.2 Å². The zero-order chi connectivity index (χ0) is 25.4. The largest absolute Gasteiger partial charge is 0.507 e. The Morgan fingerprint density at radius 3 is 1.81 bits per heavy atom. The number of unbranched alkanes of at least 4 members (excludes halogenated alkanes) is 12. The van der Waals surface area contributed by atoms with Crippen molar-refractivity contribution in [2.45, 2.75) is 104 Å². The van der Waals surface area contributed by atoms with E-state index in [0.717, 1.165) is 30.5 Å². The van der Waals surface area contributed by atoms with Gasteiger partial charge in [0.2, 0.25) is 5.89 Å². The number of hydrogen-bond acceptors (Lipinski definition) is 5. The lowest BCUT2D eigenvalue weighted by atomic mass is 10.1. The molecular formula is C31H45NO4. The molecule has 0 aliphatic rings. The summed E-state index contributed by atoms with van der Waals surface area (Å²) in [5, 5.41) is 10.5. The third-order valence-electron chi connectivity index (χ3n) is 6.59. The first-order valence-electron chi connectivity index (χ1n) is 14.2. The van der Waals surface area contributed by atoms with Crippen molar-refractivity contribution in [3.8, 4) is 28.7 Å². The molecule has 0 aliphatic carbocycles. The number of fused-ring (bicyclic) bond motifs is 1. The predicted molar refractivity (Wildman–Crippen MR) is 148 cm³/mol. The Bertz CT molecular complexity index is 1010. The topological polar surface area (TPSA) is 64.7 Å². The van der Waals surface area contributed by atoms with Gasteiger partial charge in [-0.1, -0.05) is 90.9 Å². The maximum atomic E-state index is 10.5. The fourth-order valence-corrected chi connectivity index (χ4v) is 4.39. The first-order chi connectivity index (χ1) is 17.7. The third kappa shape index (κ3) is 9.40. The molecule has 3 rings (SSSR count). The summed E-state index contributed by atoms with van der Waals surface area (Å²) in [7, 11) is 0. The molecule has 5 nitrogen and oxygen atoms in total. The average molecular weight is 496 g/mol. The van der Waals surface area contributed by atoms with E-state index in [9.17, 15) is 5.11 Å². The minimum absolute atomic E-state index is 0.102. The summed E-state index contributed by atoms with van der Waals surface area (Å²) in [5.41, 5.74) is 1.95. The van der Waals surface area contributed by atoms with Crippen LogP contribution in [0.1, 0.15) is 104 Å². The second-order valence-electron chi connectivity index (χ2n) is 9.77. The highest BCUT2D eigenvalue weighted by molar-refractivity contribution is 5.79. The first kappa shape index (κ1) is 27.9. The van der Waals surface area contributed by atoms with Crippen LogP contribution < -0.4 is 9.47 Å². The molecule has 0 amide bonds.